The summed E-state index contributed by atoms with van der Waals surface area (Å²) < 4.78 is 6.87. The SMILES string of the molecule is Cc1nc2cc(OC[C@H](O)CN3CCNCC3)ccc2s1.Cl. The number of aliphatic hydroxyl groups is 1. The van der Waals surface area contributed by atoms with Crippen LogP contribution >= 0.6 is 23.7 Å². The molecule has 7 heteroatoms. The van der Waals surface area contributed by atoms with Crippen LogP contribution in [0.1, 0.15) is 5.01 Å². The molecule has 0 radical (unpaired) electrons. The molecule has 1 fully saturated rings. The van der Waals surface area contributed by atoms with Gasteiger partial charge in [-0.05, 0) is 19.1 Å². The van der Waals surface area contributed by atoms with Gasteiger partial charge >= 0.3 is 0 Å². The Morgan fingerprint density at radius 1 is 1.41 bits per heavy atom. The van der Waals surface area contributed by atoms with E-state index in [0.717, 1.165) is 42.5 Å². The fraction of sp³-hybridized carbons (Fsp3) is 0.533. The van der Waals surface area contributed by atoms with Crippen molar-refractivity contribution in [2.45, 2.75) is 13.0 Å². The molecule has 1 aliphatic rings. The highest BCUT2D eigenvalue weighted by Gasteiger charge is 2.14. The lowest BCUT2D eigenvalue weighted by Gasteiger charge is -2.28. The van der Waals surface area contributed by atoms with Crippen molar-refractivity contribution in [3.8, 4) is 5.75 Å². The number of fused-ring (bicyclic) bond motifs is 1. The number of β-amino-alcohol motifs (C(OH)–C–C–N with tert-alkyl or cyclic N) is 1. The van der Waals surface area contributed by atoms with E-state index in [4.69, 9.17) is 4.74 Å². The molecule has 1 aliphatic heterocycles. The fourth-order valence-corrected chi connectivity index (χ4v) is 3.36. The molecule has 0 bridgehead atoms. The van der Waals surface area contributed by atoms with Crippen LogP contribution in [0.3, 0.4) is 0 Å². The molecule has 1 saturated heterocycles. The van der Waals surface area contributed by atoms with Crippen molar-refractivity contribution >= 4 is 34.0 Å². The number of aliphatic hydroxyl groups excluding tert-OH is 1. The molecule has 0 aliphatic carbocycles. The second kappa shape index (κ2) is 8.08. The van der Waals surface area contributed by atoms with Crippen LogP contribution in [0, 0.1) is 6.92 Å². The Balaban J connectivity index is 0.00000176. The molecule has 5 nitrogen and oxygen atoms in total. The Bertz CT molecular complexity index is 601. The molecule has 0 saturated carbocycles. The predicted molar refractivity (Wildman–Crippen MR) is 92.4 cm³/mol. The highest BCUT2D eigenvalue weighted by molar-refractivity contribution is 7.18. The van der Waals surface area contributed by atoms with Crippen LogP contribution in [-0.4, -0.2) is 60.4 Å². The van der Waals surface area contributed by atoms with Crippen molar-refractivity contribution in [3.05, 3.63) is 23.2 Å². The molecule has 2 N–H and O–H groups in total. The number of ether oxygens (including phenoxy) is 1. The van der Waals surface area contributed by atoms with Gasteiger partial charge in [-0.3, -0.25) is 4.90 Å². The van der Waals surface area contributed by atoms with Crippen LogP contribution in [0.5, 0.6) is 5.75 Å². The average Bonchev–Trinajstić information content (AvgIpc) is 2.85. The number of aryl methyl sites for hydroxylation is 1. The first-order chi connectivity index (χ1) is 10.2. The van der Waals surface area contributed by atoms with Gasteiger partial charge in [-0.15, -0.1) is 23.7 Å². The molecular formula is C15H22ClN3O2S. The van der Waals surface area contributed by atoms with E-state index in [1.54, 1.807) is 11.3 Å². The first kappa shape index (κ1) is 17.4. The van der Waals surface area contributed by atoms with Gasteiger partial charge in [-0.25, -0.2) is 4.98 Å². The van der Waals surface area contributed by atoms with Crippen molar-refractivity contribution in [1.82, 2.24) is 15.2 Å². The molecule has 1 atom stereocenters. The quantitative estimate of drug-likeness (QED) is 0.865. The number of halogens is 1. The smallest absolute Gasteiger partial charge is 0.121 e. The molecule has 3 rings (SSSR count). The van der Waals surface area contributed by atoms with Crippen molar-refractivity contribution in [2.75, 3.05) is 39.3 Å². The lowest BCUT2D eigenvalue weighted by atomic mass is 10.3. The highest BCUT2D eigenvalue weighted by Crippen LogP contribution is 2.25. The van der Waals surface area contributed by atoms with Gasteiger partial charge in [-0.1, -0.05) is 0 Å². The molecule has 0 amide bonds. The maximum atomic E-state index is 10.1. The first-order valence-corrected chi connectivity index (χ1v) is 8.13. The Morgan fingerprint density at radius 3 is 2.95 bits per heavy atom. The minimum atomic E-state index is -0.462. The number of rotatable bonds is 5. The van der Waals surface area contributed by atoms with Gasteiger partial charge < -0.3 is 15.2 Å². The van der Waals surface area contributed by atoms with Gasteiger partial charge in [0.05, 0.1) is 15.2 Å². The number of hydrogen-bond acceptors (Lipinski definition) is 6. The van der Waals surface area contributed by atoms with Crippen LogP contribution in [0.25, 0.3) is 10.2 Å². The molecule has 1 aromatic heterocycles. The third kappa shape index (κ3) is 4.54. The normalized spacial score (nSPS) is 17.2. The summed E-state index contributed by atoms with van der Waals surface area (Å²) in [4.78, 5) is 6.72. The van der Waals surface area contributed by atoms with E-state index in [0.29, 0.717) is 13.2 Å². The predicted octanol–water partition coefficient (Wildman–Crippen LogP) is 1.67. The Morgan fingerprint density at radius 2 is 2.18 bits per heavy atom. The number of piperazine rings is 1. The largest absolute Gasteiger partial charge is 0.491 e. The fourth-order valence-electron chi connectivity index (χ4n) is 2.55. The summed E-state index contributed by atoms with van der Waals surface area (Å²) in [5.74, 6) is 0.771. The number of aromatic nitrogens is 1. The van der Waals surface area contributed by atoms with E-state index < -0.39 is 6.10 Å². The Labute approximate surface area is 140 Å². The van der Waals surface area contributed by atoms with Crippen LogP contribution in [0.4, 0.5) is 0 Å². The van der Waals surface area contributed by atoms with E-state index in [1.165, 1.54) is 4.70 Å². The maximum absolute atomic E-state index is 10.1. The summed E-state index contributed by atoms with van der Waals surface area (Å²) in [5, 5.41) is 14.4. The molecule has 1 aromatic carbocycles. The molecular weight excluding hydrogens is 322 g/mol. The maximum Gasteiger partial charge on any atom is 0.121 e. The number of nitrogens with one attached hydrogen (secondary N) is 1. The minimum Gasteiger partial charge on any atom is -0.491 e. The summed E-state index contributed by atoms with van der Waals surface area (Å²) >= 11 is 1.68. The third-order valence-corrected chi connectivity index (χ3v) is 4.54. The van der Waals surface area contributed by atoms with E-state index >= 15 is 0 Å². The second-order valence-electron chi connectivity index (χ2n) is 5.38. The van der Waals surface area contributed by atoms with E-state index in [1.807, 2.05) is 25.1 Å². The molecule has 2 aromatic rings. The number of benzene rings is 1. The van der Waals surface area contributed by atoms with Crippen LogP contribution in [-0.2, 0) is 0 Å². The van der Waals surface area contributed by atoms with Crippen LogP contribution in [0.15, 0.2) is 18.2 Å². The summed E-state index contributed by atoms with van der Waals surface area (Å²) in [6, 6.07) is 5.91. The van der Waals surface area contributed by atoms with Gasteiger partial charge in [0.15, 0.2) is 0 Å². The summed E-state index contributed by atoms with van der Waals surface area (Å²) in [7, 11) is 0. The van der Waals surface area contributed by atoms with Crippen molar-refractivity contribution in [2.24, 2.45) is 0 Å². The summed E-state index contributed by atoms with van der Waals surface area (Å²) in [5.41, 5.74) is 0.964. The molecule has 22 heavy (non-hydrogen) atoms. The highest BCUT2D eigenvalue weighted by atomic mass is 35.5. The van der Waals surface area contributed by atoms with Gasteiger partial charge in [0.2, 0.25) is 0 Å². The summed E-state index contributed by atoms with van der Waals surface area (Å²) in [6.45, 7) is 6.95. The van der Waals surface area contributed by atoms with E-state index in [9.17, 15) is 5.11 Å². The zero-order valence-corrected chi connectivity index (χ0v) is 14.3. The number of thiazole rings is 1. The molecule has 122 valence electrons. The zero-order chi connectivity index (χ0) is 14.7. The topological polar surface area (TPSA) is 57.6 Å². The van der Waals surface area contributed by atoms with Gasteiger partial charge in [0.1, 0.15) is 18.5 Å². The Kier molecular flexibility index (Phi) is 6.40. The lowest BCUT2D eigenvalue weighted by Crippen LogP contribution is -2.47. The van der Waals surface area contributed by atoms with E-state index in [-0.39, 0.29) is 12.4 Å². The third-order valence-electron chi connectivity index (χ3n) is 3.59. The van der Waals surface area contributed by atoms with Crippen LogP contribution < -0.4 is 10.1 Å². The van der Waals surface area contributed by atoms with Crippen molar-refractivity contribution in [3.63, 3.8) is 0 Å². The van der Waals surface area contributed by atoms with Crippen molar-refractivity contribution < 1.29 is 9.84 Å². The average molecular weight is 344 g/mol. The summed E-state index contributed by atoms with van der Waals surface area (Å²) in [6.07, 6.45) is -0.462. The molecule has 0 spiro atoms. The molecule has 0 unspecified atom stereocenters. The first-order valence-electron chi connectivity index (χ1n) is 7.32. The molecule has 2 heterocycles. The number of hydrogen-bond donors (Lipinski definition) is 2. The minimum absolute atomic E-state index is 0. The monoisotopic (exact) mass is 343 g/mol. The standard InChI is InChI=1S/C15H21N3O2S.ClH/c1-11-17-14-8-13(2-3-15(14)21-11)20-10-12(19)9-18-6-4-16-5-7-18;/h2-3,8,12,16,19H,4-7,9-10H2,1H3;1H/t12-;/m1./s1. The lowest BCUT2D eigenvalue weighted by molar-refractivity contribution is 0.0642. The Hall–Kier alpha value is -0.920. The second-order valence-corrected chi connectivity index (χ2v) is 6.61. The number of nitrogens with zero attached hydrogens (tertiary/aromatic N) is 2. The van der Waals surface area contributed by atoms with Gasteiger partial charge in [-0.2, -0.15) is 0 Å². The van der Waals surface area contributed by atoms with Crippen LogP contribution in [0.2, 0.25) is 0 Å². The van der Waals surface area contributed by atoms with Gasteiger partial charge in [0.25, 0.3) is 0 Å². The van der Waals surface area contributed by atoms with Crippen molar-refractivity contribution in [1.29, 1.82) is 0 Å². The van der Waals surface area contributed by atoms with Gasteiger partial charge in [0, 0.05) is 38.8 Å². The zero-order valence-electron chi connectivity index (χ0n) is 12.6. The van der Waals surface area contributed by atoms with E-state index in [2.05, 4.69) is 15.2 Å².